The van der Waals surface area contributed by atoms with Gasteiger partial charge in [0, 0.05) is 15.8 Å². The molecule has 3 aromatic carbocycles. The van der Waals surface area contributed by atoms with Crippen LogP contribution in [0.2, 0.25) is 0 Å². The fourth-order valence-corrected chi connectivity index (χ4v) is 3.71. The summed E-state index contributed by atoms with van der Waals surface area (Å²) in [6, 6.07) is 25.4. The van der Waals surface area contributed by atoms with Crippen LogP contribution in [0.5, 0.6) is 5.75 Å². The van der Waals surface area contributed by atoms with Gasteiger partial charge in [-0.25, -0.2) is 0 Å². The molecule has 28 heavy (non-hydrogen) atoms. The van der Waals surface area contributed by atoms with E-state index in [0.29, 0.717) is 0 Å². The Morgan fingerprint density at radius 1 is 0.964 bits per heavy atom. The second kappa shape index (κ2) is 7.56. The minimum atomic E-state index is -0.357. The smallest absolute Gasteiger partial charge is 0.214 e. The number of H-pyrrole nitrogens is 1. The van der Waals surface area contributed by atoms with Crippen LogP contribution in [0.25, 0.3) is 22.2 Å². The number of fused-ring (bicyclic) bond motifs is 1. The van der Waals surface area contributed by atoms with Crippen LogP contribution in [-0.4, -0.2) is 23.6 Å². The molecule has 0 fully saturated rings. The summed E-state index contributed by atoms with van der Waals surface area (Å²) in [6.07, 6.45) is 0. The Hall–Kier alpha value is -3.60. The highest BCUT2D eigenvalue weighted by atomic mass is 16.6. The summed E-state index contributed by atoms with van der Waals surface area (Å²) in [7, 11) is 1.63. The van der Waals surface area contributed by atoms with E-state index in [9.17, 15) is 10.1 Å². The number of methoxy groups -OCH3 is 1. The predicted molar refractivity (Wildman–Crippen MR) is 110 cm³/mol. The Morgan fingerprint density at radius 3 is 2.32 bits per heavy atom. The van der Waals surface area contributed by atoms with E-state index in [4.69, 9.17) is 4.74 Å². The molecule has 0 saturated carbocycles. The zero-order valence-corrected chi connectivity index (χ0v) is 15.5. The molecule has 1 atom stereocenters. The summed E-state index contributed by atoms with van der Waals surface area (Å²) in [6.45, 7) is -0.172. The van der Waals surface area contributed by atoms with Gasteiger partial charge in [0.05, 0.1) is 18.7 Å². The highest BCUT2D eigenvalue weighted by Gasteiger charge is 2.27. The van der Waals surface area contributed by atoms with Crippen LogP contribution in [0, 0.1) is 10.1 Å². The maximum absolute atomic E-state index is 11.5. The van der Waals surface area contributed by atoms with Gasteiger partial charge in [-0.05, 0) is 47.0 Å². The molecule has 4 rings (SSSR count). The molecule has 5 nitrogen and oxygen atoms in total. The average Bonchev–Trinajstić information content (AvgIpc) is 3.12. The van der Waals surface area contributed by atoms with Crippen molar-refractivity contribution < 1.29 is 9.66 Å². The molecule has 1 unspecified atom stereocenters. The number of nitro groups is 1. The van der Waals surface area contributed by atoms with Crippen LogP contribution in [0.4, 0.5) is 0 Å². The van der Waals surface area contributed by atoms with Gasteiger partial charge in [0.1, 0.15) is 5.75 Å². The Bertz CT molecular complexity index is 1100. The maximum atomic E-state index is 11.5. The van der Waals surface area contributed by atoms with Crippen molar-refractivity contribution in [3.8, 4) is 17.0 Å². The van der Waals surface area contributed by atoms with Crippen LogP contribution in [0.3, 0.4) is 0 Å². The SMILES string of the molecule is COc1ccc(-c2[nH]c3ccccc3c2C(C[N+](=O)[O-])c2ccccc2)cc1. The molecule has 4 aromatic rings. The molecule has 0 spiro atoms. The lowest BCUT2D eigenvalue weighted by atomic mass is 9.87. The fraction of sp³-hybridized carbons (Fsp3) is 0.130. The van der Waals surface area contributed by atoms with Gasteiger partial charge < -0.3 is 9.72 Å². The highest BCUT2D eigenvalue weighted by Crippen LogP contribution is 2.39. The molecular weight excluding hydrogens is 352 g/mol. The van der Waals surface area contributed by atoms with Crippen molar-refractivity contribution in [1.82, 2.24) is 4.98 Å². The van der Waals surface area contributed by atoms with Crippen LogP contribution >= 0.6 is 0 Å². The van der Waals surface area contributed by atoms with Gasteiger partial charge >= 0.3 is 0 Å². The first-order chi connectivity index (χ1) is 13.7. The zero-order chi connectivity index (χ0) is 19.5. The maximum Gasteiger partial charge on any atom is 0.214 e. The molecule has 140 valence electrons. The summed E-state index contributed by atoms with van der Waals surface area (Å²) in [5.41, 5.74) is 4.71. The third kappa shape index (κ3) is 3.34. The molecular formula is C23H20N2O3. The fourth-order valence-electron chi connectivity index (χ4n) is 3.71. The quantitative estimate of drug-likeness (QED) is 0.371. The predicted octanol–water partition coefficient (Wildman–Crippen LogP) is 5.25. The van der Waals surface area contributed by atoms with E-state index in [2.05, 4.69) is 4.98 Å². The number of rotatable bonds is 6. The number of nitrogens with zero attached hydrogens (tertiary/aromatic N) is 1. The Labute approximate surface area is 162 Å². The number of ether oxygens (including phenoxy) is 1. The van der Waals surface area contributed by atoms with Gasteiger partial charge in [0.15, 0.2) is 0 Å². The van der Waals surface area contributed by atoms with Gasteiger partial charge in [-0.15, -0.1) is 0 Å². The third-order valence-corrected chi connectivity index (χ3v) is 5.01. The number of nitrogens with one attached hydrogen (secondary N) is 1. The van der Waals surface area contributed by atoms with Crippen molar-refractivity contribution in [3.63, 3.8) is 0 Å². The molecule has 0 bridgehead atoms. The summed E-state index contributed by atoms with van der Waals surface area (Å²) in [4.78, 5) is 14.8. The van der Waals surface area contributed by atoms with Gasteiger partial charge in [-0.3, -0.25) is 10.1 Å². The van der Waals surface area contributed by atoms with Crippen LogP contribution in [0.15, 0.2) is 78.9 Å². The van der Waals surface area contributed by atoms with Crippen LogP contribution in [0.1, 0.15) is 17.0 Å². The van der Waals surface area contributed by atoms with E-state index in [-0.39, 0.29) is 17.4 Å². The van der Waals surface area contributed by atoms with E-state index in [1.165, 1.54) is 0 Å². The Kier molecular flexibility index (Phi) is 4.81. The van der Waals surface area contributed by atoms with Gasteiger partial charge in [0.2, 0.25) is 6.54 Å². The second-order valence-corrected chi connectivity index (χ2v) is 6.67. The molecule has 1 N–H and O–H groups in total. The Morgan fingerprint density at radius 2 is 1.64 bits per heavy atom. The molecule has 0 aliphatic heterocycles. The number of para-hydroxylation sites is 1. The van der Waals surface area contributed by atoms with Gasteiger partial charge in [-0.2, -0.15) is 0 Å². The lowest BCUT2D eigenvalue weighted by Gasteiger charge is -2.16. The molecule has 0 radical (unpaired) electrons. The zero-order valence-electron chi connectivity index (χ0n) is 15.5. The van der Waals surface area contributed by atoms with E-state index in [1.807, 2.05) is 78.9 Å². The van der Waals surface area contributed by atoms with Crippen molar-refractivity contribution in [3.05, 3.63) is 100 Å². The first-order valence-corrected chi connectivity index (χ1v) is 9.09. The van der Waals surface area contributed by atoms with Gasteiger partial charge in [-0.1, -0.05) is 48.5 Å². The Balaban J connectivity index is 1.95. The first-order valence-electron chi connectivity index (χ1n) is 9.09. The summed E-state index contributed by atoms with van der Waals surface area (Å²) < 4.78 is 5.26. The summed E-state index contributed by atoms with van der Waals surface area (Å²) in [5.74, 6) is 0.413. The standard InChI is InChI=1S/C23H20N2O3/c1-28-18-13-11-17(12-14-18)23-22(19-9-5-6-10-21(19)24-23)20(15-25(26)27)16-7-3-2-4-8-16/h2-14,20,24H,15H2,1H3. The molecule has 1 aromatic heterocycles. The molecule has 0 aliphatic carbocycles. The molecule has 0 aliphatic rings. The highest BCUT2D eigenvalue weighted by molar-refractivity contribution is 5.92. The minimum Gasteiger partial charge on any atom is -0.497 e. The second-order valence-electron chi connectivity index (χ2n) is 6.67. The topological polar surface area (TPSA) is 68.2 Å². The average molecular weight is 372 g/mol. The monoisotopic (exact) mass is 372 g/mol. The number of aromatic amines is 1. The van der Waals surface area contributed by atoms with E-state index >= 15 is 0 Å². The van der Waals surface area contributed by atoms with Crippen LogP contribution < -0.4 is 4.74 Å². The first kappa shape index (κ1) is 17.8. The summed E-state index contributed by atoms with van der Waals surface area (Å²) in [5, 5.41) is 12.5. The van der Waals surface area contributed by atoms with Crippen molar-refractivity contribution >= 4 is 10.9 Å². The summed E-state index contributed by atoms with van der Waals surface area (Å²) >= 11 is 0. The van der Waals surface area contributed by atoms with Crippen molar-refractivity contribution in [2.75, 3.05) is 13.7 Å². The van der Waals surface area contributed by atoms with Crippen molar-refractivity contribution in [1.29, 1.82) is 0 Å². The molecule has 0 amide bonds. The number of hydrogen-bond donors (Lipinski definition) is 1. The third-order valence-electron chi connectivity index (χ3n) is 5.01. The van der Waals surface area contributed by atoms with E-state index in [1.54, 1.807) is 7.11 Å². The number of aromatic nitrogens is 1. The normalized spacial score (nSPS) is 12.0. The number of hydrogen-bond acceptors (Lipinski definition) is 3. The van der Waals surface area contributed by atoms with Crippen molar-refractivity contribution in [2.24, 2.45) is 0 Å². The van der Waals surface area contributed by atoms with E-state index < -0.39 is 0 Å². The molecule has 0 saturated heterocycles. The van der Waals surface area contributed by atoms with Crippen LogP contribution in [-0.2, 0) is 0 Å². The lowest BCUT2D eigenvalue weighted by Crippen LogP contribution is -2.14. The lowest BCUT2D eigenvalue weighted by molar-refractivity contribution is -0.481. The van der Waals surface area contributed by atoms with Gasteiger partial charge in [0.25, 0.3) is 0 Å². The van der Waals surface area contributed by atoms with E-state index in [0.717, 1.165) is 39.0 Å². The largest absolute Gasteiger partial charge is 0.497 e. The number of benzene rings is 3. The molecule has 5 heteroatoms. The minimum absolute atomic E-state index is 0.172. The molecule has 1 heterocycles. The van der Waals surface area contributed by atoms with Crippen molar-refractivity contribution in [2.45, 2.75) is 5.92 Å².